The summed E-state index contributed by atoms with van der Waals surface area (Å²) in [7, 11) is 0. The van der Waals surface area contributed by atoms with Crippen molar-refractivity contribution in [2.24, 2.45) is 0 Å². The molecule has 0 amide bonds. The fourth-order valence-electron chi connectivity index (χ4n) is 2.00. The Bertz CT molecular complexity index is 652. The van der Waals surface area contributed by atoms with Crippen molar-refractivity contribution in [1.29, 1.82) is 5.26 Å². The van der Waals surface area contributed by atoms with Gasteiger partial charge in [-0.05, 0) is 23.2 Å². The molecule has 2 heterocycles. The highest BCUT2D eigenvalue weighted by molar-refractivity contribution is 6.67. The van der Waals surface area contributed by atoms with Crippen LogP contribution in [0.15, 0.2) is 30.6 Å². The molecule has 0 fully saturated rings. The number of aromatic nitrogens is 2. The van der Waals surface area contributed by atoms with Crippen molar-refractivity contribution >= 4 is 12.4 Å². The minimum Gasteiger partial charge on any atom is -0.427 e. The molecule has 0 spiro atoms. The van der Waals surface area contributed by atoms with Crippen molar-refractivity contribution < 1.29 is 9.39 Å². The highest BCUT2D eigenvalue weighted by Gasteiger charge is 2.23. The van der Waals surface area contributed by atoms with Crippen LogP contribution in [0.2, 0.25) is 6.82 Å². The van der Waals surface area contributed by atoms with Gasteiger partial charge in [-0.2, -0.15) is 5.26 Å². The maximum absolute atomic E-state index is 8.66. The number of benzene rings is 1. The zero-order valence-corrected chi connectivity index (χ0v) is 10.3. The third-order valence-electron chi connectivity index (χ3n) is 3.01. The first-order chi connectivity index (χ1) is 9.26. The summed E-state index contributed by atoms with van der Waals surface area (Å²) >= 11 is 0. The Morgan fingerprint density at radius 1 is 1.37 bits per heavy atom. The molecule has 0 aliphatic carbocycles. The summed E-state index contributed by atoms with van der Waals surface area (Å²) in [6, 6.07) is 7.98. The Hall–Kier alpha value is -2.39. The standard InChI is InChI=1S/C13H10BN3O2/c1-14-12-3-2-11(4-10(12)8-18-14)19-13-16-6-9(5-15)7-17-13/h2-4,6-7H,8H2,1H3. The van der Waals surface area contributed by atoms with Gasteiger partial charge >= 0.3 is 12.9 Å². The fourth-order valence-corrected chi connectivity index (χ4v) is 2.00. The van der Waals surface area contributed by atoms with E-state index in [-0.39, 0.29) is 12.9 Å². The van der Waals surface area contributed by atoms with Crippen LogP contribution in [0.3, 0.4) is 0 Å². The normalized spacial score (nSPS) is 12.9. The zero-order valence-electron chi connectivity index (χ0n) is 10.3. The highest BCUT2D eigenvalue weighted by atomic mass is 16.5. The number of nitriles is 1. The molecule has 0 saturated carbocycles. The van der Waals surface area contributed by atoms with E-state index >= 15 is 0 Å². The number of ether oxygens (including phenoxy) is 1. The molecule has 1 aromatic carbocycles. The molecular weight excluding hydrogens is 241 g/mol. The van der Waals surface area contributed by atoms with E-state index in [4.69, 9.17) is 14.7 Å². The number of fused-ring (bicyclic) bond motifs is 1. The first-order valence-corrected chi connectivity index (χ1v) is 5.90. The van der Waals surface area contributed by atoms with E-state index in [2.05, 4.69) is 9.97 Å². The maximum Gasteiger partial charge on any atom is 0.324 e. The van der Waals surface area contributed by atoms with Crippen LogP contribution < -0.4 is 10.2 Å². The number of hydrogen-bond donors (Lipinski definition) is 0. The smallest absolute Gasteiger partial charge is 0.324 e. The van der Waals surface area contributed by atoms with Crippen molar-refractivity contribution in [3.63, 3.8) is 0 Å². The van der Waals surface area contributed by atoms with Gasteiger partial charge in [0.1, 0.15) is 11.8 Å². The van der Waals surface area contributed by atoms with Crippen LogP contribution in [0.4, 0.5) is 0 Å². The van der Waals surface area contributed by atoms with Gasteiger partial charge in [-0.15, -0.1) is 0 Å². The van der Waals surface area contributed by atoms with E-state index in [1.165, 1.54) is 17.9 Å². The molecule has 19 heavy (non-hydrogen) atoms. The predicted molar refractivity (Wildman–Crippen MR) is 69.3 cm³/mol. The molecule has 0 N–H and O–H groups in total. The lowest BCUT2D eigenvalue weighted by Gasteiger charge is -2.05. The maximum atomic E-state index is 8.66. The van der Waals surface area contributed by atoms with Gasteiger partial charge in [-0.25, -0.2) is 9.97 Å². The minimum atomic E-state index is 0.134. The quantitative estimate of drug-likeness (QED) is 0.756. The van der Waals surface area contributed by atoms with E-state index in [0.717, 1.165) is 5.56 Å². The molecule has 1 aromatic heterocycles. The Morgan fingerprint density at radius 2 is 2.16 bits per heavy atom. The monoisotopic (exact) mass is 251 g/mol. The SMILES string of the molecule is CB1OCc2cc(Oc3ncc(C#N)cn3)ccc21. The Balaban J connectivity index is 1.82. The highest BCUT2D eigenvalue weighted by Crippen LogP contribution is 2.21. The van der Waals surface area contributed by atoms with Gasteiger partial charge in [0.25, 0.3) is 0 Å². The molecule has 92 valence electrons. The zero-order chi connectivity index (χ0) is 13.2. The third kappa shape index (κ3) is 2.28. The van der Waals surface area contributed by atoms with Crippen LogP contribution in [-0.2, 0) is 11.3 Å². The van der Waals surface area contributed by atoms with Gasteiger partial charge < -0.3 is 9.39 Å². The number of nitrogens with zero attached hydrogens (tertiary/aromatic N) is 3. The van der Waals surface area contributed by atoms with E-state index in [1.54, 1.807) is 0 Å². The van der Waals surface area contributed by atoms with Crippen LogP contribution in [0.1, 0.15) is 11.1 Å². The van der Waals surface area contributed by atoms with Crippen molar-refractivity contribution in [2.45, 2.75) is 13.4 Å². The van der Waals surface area contributed by atoms with E-state index in [1.807, 2.05) is 31.1 Å². The molecule has 0 atom stereocenters. The van der Waals surface area contributed by atoms with Gasteiger partial charge in [-0.3, -0.25) is 0 Å². The van der Waals surface area contributed by atoms with Crippen LogP contribution in [-0.4, -0.2) is 16.9 Å². The van der Waals surface area contributed by atoms with Crippen LogP contribution in [0, 0.1) is 11.3 Å². The van der Waals surface area contributed by atoms with E-state index < -0.39 is 0 Å². The largest absolute Gasteiger partial charge is 0.427 e. The van der Waals surface area contributed by atoms with Crippen molar-refractivity contribution in [1.82, 2.24) is 9.97 Å². The lowest BCUT2D eigenvalue weighted by atomic mass is 9.64. The van der Waals surface area contributed by atoms with Gasteiger partial charge in [0.15, 0.2) is 0 Å². The molecule has 0 radical (unpaired) electrons. The van der Waals surface area contributed by atoms with Crippen molar-refractivity contribution in [2.75, 3.05) is 0 Å². The second-order valence-corrected chi connectivity index (χ2v) is 4.28. The lowest BCUT2D eigenvalue weighted by molar-refractivity contribution is 0.333. The van der Waals surface area contributed by atoms with Gasteiger partial charge in [0.05, 0.1) is 24.6 Å². The van der Waals surface area contributed by atoms with Gasteiger partial charge in [0, 0.05) is 0 Å². The number of rotatable bonds is 2. The summed E-state index contributed by atoms with van der Waals surface area (Å²) in [5, 5.41) is 8.66. The molecule has 0 unspecified atom stereocenters. The average molecular weight is 251 g/mol. The fraction of sp³-hybridized carbons (Fsp3) is 0.154. The Morgan fingerprint density at radius 3 is 2.89 bits per heavy atom. The summed E-state index contributed by atoms with van der Waals surface area (Å²) in [5.74, 6) is 0.668. The summed E-state index contributed by atoms with van der Waals surface area (Å²) < 4.78 is 11.1. The second kappa shape index (κ2) is 4.71. The summed E-state index contributed by atoms with van der Waals surface area (Å²) in [5.41, 5.74) is 2.72. The molecule has 2 aromatic rings. The summed E-state index contributed by atoms with van der Waals surface area (Å²) in [6.07, 6.45) is 2.86. The third-order valence-corrected chi connectivity index (χ3v) is 3.01. The molecule has 1 aliphatic heterocycles. The second-order valence-electron chi connectivity index (χ2n) is 4.28. The molecular formula is C13H10BN3O2. The van der Waals surface area contributed by atoms with Crippen molar-refractivity contribution in [3.8, 4) is 17.8 Å². The van der Waals surface area contributed by atoms with E-state index in [9.17, 15) is 0 Å². The van der Waals surface area contributed by atoms with Gasteiger partial charge in [-0.1, -0.05) is 12.9 Å². The van der Waals surface area contributed by atoms with Crippen molar-refractivity contribution in [3.05, 3.63) is 41.7 Å². The molecule has 3 rings (SSSR count). The Kier molecular flexibility index (Phi) is 2.90. The van der Waals surface area contributed by atoms with E-state index in [0.29, 0.717) is 17.9 Å². The molecule has 0 bridgehead atoms. The molecule has 0 saturated heterocycles. The molecule has 5 nitrogen and oxygen atoms in total. The minimum absolute atomic E-state index is 0.134. The Labute approximate surface area is 110 Å². The first kappa shape index (κ1) is 11.7. The van der Waals surface area contributed by atoms with Crippen LogP contribution in [0.25, 0.3) is 0 Å². The van der Waals surface area contributed by atoms with Crippen LogP contribution >= 0.6 is 0 Å². The lowest BCUT2D eigenvalue weighted by Crippen LogP contribution is -2.23. The number of hydrogen-bond acceptors (Lipinski definition) is 5. The topological polar surface area (TPSA) is 68.0 Å². The first-order valence-electron chi connectivity index (χ1n) is 5.90. The summed E-state index contributed by atoms with van der Waals surface area (Å²) in [4.78, 5) is 7.93. The molecule has 6 heteroatoms. The van der Waals surface area contributed by atoms with Gasteiger partial charge in [0.2, 0.25) is 0 Å². The molecule has 1 aliphatic rings. The van der Waals surface area contributed by atoms with Crippen LogP contribution in [0.5, 0.6) is 11.8 Å². The predicted octanol–water partition coefficient (Wildman–Crippen LogP) is 1.50. The summed E-state index contributed by atoms with van der Waals surface area (Å²) in [6.45, 7) is 2.76. The average Bonchev–Trinajstić information content (AvgIpc) is 2.81.